The van der Waals surface area contributed by atoms with Gasteiger partial charge in [0.25, 0.3) is 0 Å². The molecule has 0 aliphatic carbocycles. The molecule has 216 valence electrons. The smallest absolute Gasteiger partial charge is 0.549 e. The summed E-state index contributed by atoms with van der Waals surface area (Å²) in [4.78, 5) is 24.3. The Kier molecular flexibility index (Phi) is 37.4. The van der Waals surface area contributed by atoms with Gasteiger partial charge in [0.05, 0.1) is 11.9 Å². The molecule has 0 bridgehead atoms. The maximum absolute atomic E-state index is 10.3. The van der Waals surface area contributed by atoms with Gasteiger partial charge in [-0.1, -0.05) is 129 Å². The second kappa shape index (κ2) is 33.7. The number of carboxylic acid groups (broad SMARTS) is 2. The molecule has 0 aromatic carbocycles. The minimum atomic E-state index is -0.982. The molecular formula is C30H60MgN2O4. The fraction of sp³-hybridized carbons (Fsp3) is 0.933. The molecule has 0 aromatic heterocycles. The summed E-state index contributed by atoms with van der Waals surface area (Å²) in [6.45, 7) is 6.33. The van der Waals surface area contributed by atoms with Crippen LogP contribution in [0.3, 0.4) is 0 Å². The molecule has 0 aromatic rings. The van der Waals surface area contributed by atoms with Crippen LogP contribution in [0.15, 0.2) is 0 Å². The van der Waals surface area contributed by atoms with E-state index >= 15 is 0 Å². The first-order chi connectivity index (χ1) is 17.3. The summed E-state index contributed by atoms with van der Waals surface area (Å²) in [5, 5.41) is 20.7. The second-order valence-electron chi connectivity index (χ2n) is 10.6. The predicted molar refractivity (Wildman–Crippen MR) is 154 cm³/mol. The van der Waals surface area contributed by atoms with Crippen LogP contribution in [0, 0.1) is 0 Å². The average Bonchev–Trinajstić information content (AvgIpc) is 2.81. The van der Waals surface area contributed by atoms with Crippen LogP contribution < -0.4 is 10.2 Å². The zero-order chi connectivity index (χ0) is 27.3. The van der Waals surface area contributed by atoms with E-state index in [2.05, 4.69) is 13.8 Å². The van der Waals surface area contributed by atoms with Crippen LogP contribution in [0.4, 0.5) is 0 Å². The first-order valence-corrected chi connectivity index (χ1v) is 15.1. The summed E-state index contributed by atoms with van der Waals surface area (Å²) in [5.74, 6) is -1.96. The van der Waals surface area contributed by atoms with Gasteiger partial charge in [-0.2, -0.15) is 0 Å². The summed E-state index contributed by atoms with van der Waals surface area (Å²) in [7, 11) is 3.67. The fourth-order valence-corrected chi connectivity index (χ4v) is 4.34. The molecule has 0 atom stereocenters. The minimum absolute atomic E-state index is 0. The summed E-state index contributed by atoms with van der Waals surface area (Å²) in [5.41, 5.74) is 0. The van der Waals surface area contributed by atoms with Crippen LogP contribution in [-0.4, -0.2) is 85.1 Å². The third-order valence-corrected chi connectivity index (χ3v) is 6.58. The van der Waals surface area contributed by atoms with Crippen LogP contribution in [-0.2, 0) is 9.59 Å². The number of nitrogens with zero attached hydrogens (tertiary/aromatic N) is 2. The monoisotopic (exact) mass is 536 g/mol. The Labute approximate surface area is 246 Å². The number of hydrogen-bond acceptors (Lipinski definition) is 6. The maximum Gasteiger partial charge on any atom is 2.00 e. The number of carboxylic acids is 2. The number of likely N-dealkylation sites (N-methyl/N-ethyl adjacent to an activating group) is 2. The van der Waals surface area contributed by atoms with Gasteiger partial charge in [-0.15, -0.1) is 0 Å². The van der Waals surface area contributed by atoms with Gasteiger partial charge >= 0.3 is 23.1 Å². The van der Waals surface area contributed by atoms with Gasteiger partial charge in [0, 0.05) is 13.1 Å². The Morgan fingerprint density at radius 1 is 0.459 bits per heavy atom. The number of carbonyl (C=O) groups is 2. The molecule has 37 heavy (non-hydrogen) atoms. The van der Waals surface area contributed by atoms with E-state index in [-0.39, 0.29) is 36.1 Å². The van der Waals surface area contributed by atoms with Crippen molar-refractivity contribution < 1.29 is 19.8 Å². The van der Waals surface area contributed by atoms with E-state index < -0.39 is 11.9 Å². The molecular weight excluding hydrogens is 477 g/mol. The van der Waals surface area contributed by atoms with Crippen LogP contribution >= 0.6 is 0 Å². The van der Waals surface area contributed by atoms with Crippen molar-refractivity contribution >= 4 is 35.0 Å². The van der Waals surface area contributed by atoms with Crippen LogP contribution in [0.2, 0.25) is 0 Å². The molecule has 0 aliphatic heterocycles. The van der Waals surface area contributed by atoms with Crippen molar-refractivity contribution in [3.05, 3.63) is 0 Å². The summed E-state index contributed by atoms with van der Waals surface area (Å²) in [6.07, 6.45) is 26.3. The van der Waals surface area contributed by atoms with Gasteiger partial charge in [-0.25, -0.2) is 0 Å². The molecule has 0 N–H and O–H groups in total. The Morgan fingerprint density at radius 2 is 0.676 bits per heavy atom. The molecule has 0 saturated carbocycles. The number of hydrogen-bond donors (Lipinski definition) is 0. The topological polar surface area (TPSA) is 86.7 Å². The SMILES string of the molecule is CCCCCCCCCCCCN(C)CC(=O)[O-].CCCCCCCCCCCCN(C)CC(=O)[O-].[Mg+2]. The van der Waals surface area contributed by atoms with Gasteiger partial charge in [0.1, 0.15) is 0 Å². The minimum Gasteiger partial charge on any atom is -0.549 e. The number of rotatable bonds is 26. The Morgan fingerprint density at radius 3 is 0.892 bits per heavy atom. The van der Waals surface area contributed by atoms with E-state index in [4.69, 9.17) is 0 Å². The van der Waals surface area contributed by atoms with Crippen LogP contribution in [0.1, 0.15) is 142 Å². The first kappa shape index (κ1) is 41.1. The van der Waals surface area contributed by atoms with Gasteiger partial charge in [0.15, 0.2) is 0 Å². The molecule has 0 spiro atoms. The van der Waals surface area contributed by atoms with Crippen molar-refractivity contribution in [1.82, 2.24) is 9.80 Å². The van der Waals surface area contributed by atoms with Crippen molar-refractivity contribution in [2.24, 2.45) is 0 Å². The molecule has 0 radical (unpaired) electrons. The summed E-state index contributed by atoms with van der Waals surface area (Å²) < 4.78 is 0. The van der Waals surface area contributed by atoms with Crippen molar-refractivity contribution in [3.8, 4) is 0 Å². The van der Waals surface area contributed by atoms with Crippen molar-refractivity contribution in [3.63, 3.8) is 0 Å². The van der Waals surface area contributed by atoms with E-state index in [1.807, 2.05) is 23.9 Å². The third kappa shape index (κ3) is 40.3. The number of carbonyl (C=O) groups excluding carboxylic acids is 2. The van der Waals surface area contributed by atoms with E-state index in [0.29, 0.717) is 0 Å². The Hall–Kier alpha value is -0.374. The molecule has 6 nitrogen and oxygen atoms in total. The average molecular weight is 537 g/mol. The predicted octanol–water partition coefficient (Wildman–Crippen LogP) is 4.80. The molecule has 0 amide bonds. The van der Waals surface area contributed by atoms with E-state index in [1.54, 1.807) is 0 Å². The number of unbranched alkanes of at least 4 members (excludes halogenated alkanes) is 18. The maximum atomic E-state index is 10.3. The molecule has 0 unspecified atom stereocenters. The van der Waals surface area contributed by atoms with Gasteiger partial charge < -0.3 is 29.6 Å². The van der Waals surface area contributed by atoms with E-state index in [1.165, 1.54) is 116 Å². The zero-order valence-corrected chi connectivity index (χ0v) is 26.6. The second-order valence-corrected chi connectivity index (χ2v) is 10.6. The first-order valence-electron chi connectivity index (χ1n) is 15.1. The summed E-state index contributed by atoms with van der Waals surface area (Å²) >= 11 is 0. The van der Waals surface area contributed by atoms with Crippen LogP contribution in [0.25, 0.3) is 0 Å². The molecule has 7 heteroatoms. The molecule has 0 rings (SSSR count). The van der Waals surface area contributed by atoms with Gasteiger partial charge in [-0.05, 0) is 40.0 Å². The largest absolute Gasteiger partial charge is 2.00 e. The molecule has 0 saturated heterocycles. The van der Waals surface area contributed by atoms with Gasteiger partial charge in [0.2, 0.25) is 0 Å². The molecule has 0 heterocycles. The standard InChI is InChI=1S/2C15H31NO2.Mg/c2*1-3-4-5-6-7-8-9-10-11-12-13-16(2)14-15(17)18;/h2*3-14H2,1-2H3,(H,17,18);/q;;+2/p-2. The third-order valence-electron chi connectivity index (χ3n) is 6.58. The number of aliphatic carboxylic acids is 2. The Bertz CT molecular complexity index is 438. The fourth-order valence-electron chi connectivity index (χ4n) is 4.34. The van der Waals surface area contributed by atoms with E-state index in [0.717, 1.165) is 25.9 Å². The van der Waals surface area contributed by atoms with Crippen LogP contribution in [0.5, 0.6) is 0 Å². The normalized spacial score (nSPS) is 10.8. The molecule has 0 aliphatic rings. The van der Waals surface area contributed by atoms with Crippen molar-refractivity contribution in [1.29, 1.82) is 0 Å². The quantitative estimate of drug-likeness (QED) is 0.117. The Balaban J connectivity index is -0.000000608. The van der Waals surface area contributed by atoms with Gasteiger partial charge in [-0.3, -0.25) is 0 Å². The molecule has 0 fully saturated rings. The van der Waals surface area contributed by atoms with Crippen molar-refractivity contribution in [2.45, 2.75) is 142 Å². The van der Waals surface area contributed by atoms with E-state index in [9.17, 15) is 19.8 Å². The van der Waals surface area contributed by atoms with Crippen molar-refractivity contribution in [2.75, 3.05) is 40.3 Å². The zero-order valence-electron chi connectivity index (χ0n) is 25.2. The summed E-state index contributed by atoms with van der Waals surface area (Å²) in [6, 6.07) is 0.